The van der Waals surface area contributed by atoms with Crippen LogP contribution in [0, 0.1) is 5.92 Å². The molecule has 2 fully saturated rings. The molecular weight excluding hydrogens is 356 g/mol. The summed E-state index contributed by atoms with van der Waals surface area (Å²) in [5.74, 6) is 3.01. The number of guanidine groups is 1. The smallest absolute Gasteiger partial charge is 0.228 e. The van der Waals surface area contributed by atoms with E-state index in [4.69, 9.17) is 4.52 Å². The van der Waals surface area contributed by atoms with Gasteiger partial charge in [0.2, 0.25) is 11.8 Å². The van der Waals surface area contributed by atoms with E-state index in [9.17, 15) is 4.79 Å². The van der Waals surface area contributed by atoms with Crippen molar-refractivity contribution < 1.29 is 9.32 Å². The van der Waals surface area contributed by atoms with Gasteiger partial charge in [-0.1, -0.05) is 31.8 Å². The number of aliphatic imine (C=N–C) groups is 1. The lowest BCUT2D eigenvalue weighted by atomic mass is 10.1. The van der Waals surface area contributed by atoms with Gasteiger partial charge in [0.25, 0.3) is 0 Å². The summed E-state index contributed by atoms with van der Waals surface area (Å²) in [7, 11) is 0. The molecule has 156 valence electrons. The molecule has 1 unspecified atom stereocenters. The molecule has 1 amide bonds. The number of likely N-dealkylation sites (tertiary alicyclic amines) is 1. The first kappa shape index (κ1) is 20.6. The highest BCUT2D eigenvalue weighted by Crippen LogP contribution is 2.27. The van der Waals surface area contributed by atoms with Gasteiger partial charge in [-0.3, -0.25) is 9.79 Å². The molecule has 1 aliphatic carbocycles. The summed E-state index contributed by atoms with van der Waals surface area (Å²) in [5, 5.41) is 10.8. The van der Waals surface area contributed by atoms with E-state index >= 15 is 0 Å². The van der Waals surface area contributed by atoms with E-state index in [1.165, 1.54) is 12.8 Å². The van der Waals surface area contributed by atoms with Crippen molar-refractivity contribution in [2.75, 3.05) is 26.2 Å². The first-order valence-electron chi connectivity index (χ1n) is 10.7. The Balaban J connectivity index is 1.48. The second-order valence-electron chi connectivity index (χ2n) is 8.11. The van der Waals surface area contributed by atoms with Crippen LogP contribution in [0.4, 0.5) is 0 Å². The molecule has 2 heterocycles. The van der Waals surface area contributed by atoms with Crippen molar-refractivity contribution in [1.29, 1.82) is 0 Å². The number of nitrogens with zero attached hydrogens (tertiary/aromatic N) is 4. The molecule has 1 saturated carbocycles. The molecule has 8 nitrogen and oxygen atoms in total. The van der Waals surface area contributed by atoms with Crippen LogP contribution in [0.25, 0.3) is 0 Å². The van der Waals surface area contributed by atoms with Crippen LogP contribution in [0.5, 0.6) is 0 Å². The van der Waals surface area contributed by atoms with E-state index in [0.29, 0.717) is 24.8 Å². The molecule has 1 aliphatic heterocycles. The Morgan fingerprint density at radius 3 is 2.79 bits per heavy atom. The minimum Gasteiger partial charge on any atom is -0.357 e. The average molecular weight is 391 g/mol. The zero-order valence-electron chi connectivity index (χ0n) is 17.4. The van der Waals surface area contributed by atoms with Gasteiger partial charge >= 0.3 is 0 Å². The number of nitrogens with one attached hydrogen (secondary N) is 2. The zero-order chi connectivity index (χ0) is 19.9. The summed E-state index contributed by atoms with van der Waals surface area (Å²) in [5.41, 5.74) is 0. The minimum absolute atomic E-state index is 0.249. The molecule has 1 aromatic heterocycles. The van der Waals surface area contributed by atoms with Crippen molar-refractivity contribution in [2.45, 2.75) is 71.3 Å². The first-order valence-corrected chi connectivity index (χ1v) is 10.7. The van der Waals surface area contributed by atoms with Gasteiger partial charge in [0, 0.05) is 43.9 Å². The molecule has 0 bridgehead atoms. The normalized spacial score (nSPS) is 20.9. The molecule has 28 heavy (non-hydrogen) atoms. The third kappa shape index (κ3) is 5.45. The van der Waals surface area contributed by atoms with E-state index < -0.39 is 0 Å². The minimum atomic E-state index is 0.249. The van der Waals surface area contributed by atoms with Crippen molar-refractivity contribution in [3.05, 3.63) is 11.7 Å². The van der Waals surface area contributed by atoms with Crippen molar-refractivity contribution in [1.82, 2.24) is 25.7 Å². The van der Waals surface area contributed by atoms with Crippen LogP contribution in [0.2, 0.25) is 0 Å². The van der Waals surface area contributed by atoms with Crippen molar-refractivity contribution >= 4 is 11.9 Å². The Kier molecular flexibility index (Phi) is 7.28. The lowest BCUT2D eigenvalue weighted by molar-refractivity contribution is -0.134. The van der Waals surface area contributed by atoms with Gasteiger partial charge in [-0.15, -0.1) is 0 Å². The number of hydrogen-bond donors (Lipinski definition) is 2. The van der Waals surface area contributed by atoms with Gasteiger partial charge in [-0.25, -0.2) is 0 Å². The Bertz CT molecular complexity index is 665. The van der Waals surface area contributed by atoms with Crippen LogP contribution < -0.4 is 10.6 Å². The van der Waals surface area contributed by atoms with Crippen LogP contribution in [0.15, 0.2) is 9.52 Å². The summed E-state index contributed by atoms with van der Waals surface area (Å²) in [6.07, 6.45) is 6.10. The van der Waals surface area contributed by atoms with Gasteiger partial charge in [-0.05, 0) is 26.2 Å². The highest BCUT2D eigenvalue weighted by Gasteiger charge is 2.32. The second kappa shape index (κ2) is 9.89. The molecule has 8 heteroatoms. The lowest BCUT2D eigenvalue weighted by Crippen LogP contribution is -2.45. The zero-order valence-corrected chi connectivity index (χ0v) is 17.4. The van der Waals surface area contributed by atoms with E-state index in [0.717, 1.165) is 50.7 Å². The molecule has 2 N–H and O–H groups in total. The SMILES string of the molecule is CCNC(=NCCc1nc(C(C)C)no1)NC1CCN(C(=O)C2CCCC2)C1. The monoisotopic (exact) mass is 390 g/mol. The highest BCUT2D eigenvalue weighted by atomic mass is 16.5. The fourth-order valence-electron chi connectivity index (χ4n) is 3.89. The predicted octanol–water partition coefficient (Wildman–Crippen LogP) is 2.08. The quantitative estimate of drug-likeness (QED) is 0.547. The van der Waals surface area contributed by atoms with Crippen LogP contribution in [0.1, 0.15) is 70.5 Å². The van der Waals surface area contributed by atoms with Crippen molar-refractivity contribution in [2.24, 2.45) is 10.9 Å². The molecule has 1 aromatic rings. The lowest BCUT2D eigenvalue weighted by Gasteiger charge is -2.21. The molecule has 3 rings (SSSR count). The van der Waals surface area contributed by atoms with Gasteiger partial charge in [0.05, 0.1) is 6.54 Å². The molecule has 1 atom stereocenters. The molecule has 0 radical (unpaired) electrons. The van der Waals surface area contributed by atoms with Crippen molar-refractivity contribution in [3.8, 4) is 0 Å². The largest absolute Gasteiger partial charge is 0.357 e. The average Bonchev–Trinajstić information content (AvgIpc) is 3.43. The van der Waals surface area contributed by atoms with E-state index in [-0.39, 0.29) is 17.9 Å². The maximum absolute atomic E-state index is 12.6. The van der Waals surface area contributed by atoms with Crippen molar-refractivity contribution in [3.63, 3.8) is 0 Å². The van der Waals surface area contributed by atoms with E-state index in [1.807, 2.05) is 18.7 Å². The summed E-state index contributed by atoms with van der Waals surface area (Å²) in [6, 6.07) is 0.249. The Labute approximate surface area is 167 Å². The second-order valence-corrected chi connectivity index (χ2v) is 8.11. The molecular formula is C20H34N6O2. The van der Waals surface area contributed by atoms with Crippen LogP contribution in [-0.2, 0) is 11.2 Å². The van der Waals surface area contributed by atoms with Gasteiger partial charge in [-0.2, -0.15) is 4.98 Å². The van der Waals surface area contributed by atoms with Gasteiger partial charge in [0.15, 0.2) is 11.8 Å². The fraction of sp³-hybridized carbons (Fsp3) is 0.800. The number of hydrogen-bond acceptors (Lipinski definition) is 5. The maximum Gasteiger partial charge on any atom is 0.228 e. The summed E-state index contributed by atoms with van der Waals surface area (Å²) < 4.78 is 5.27. The molecule has 0 spiro atoms. The fourth-order valence-corrected chi connectivity index (χ4v) is 3.89. The number of carbonyl (C=O) groups is 1. The molecule has 0 aromatic carbocycles. The highest BCUT2D eigenvalue weighted by molar-refractivity contribution is 5.81. The maximum atomic E-state index is 12.6. The topological polar surface area (TPSA) is 95.7 Å². The molecule has 2 aliphatic rings. The predicted molar refractivity (Wildman–Crippen MR) is 108 cm³/mol. The van der Waals surface area contributed by atoms with E-state index in [2.05, 4.69) is 32.7 Å². The van der Waals surface area contributed by atoms with Crippen LogP contribution >= 0.6 is 0 Å². The van der Waals surface area contributed by atoms with Gasteiger partial charge in [0.1, 0.15) is 0 Å². The standard InChI is InChI=1S/C20H34N6O2/c1-4-21-20(22-11-9-17-24-18(14(2)3)25-28-17)23-16-10-12-26(13-16)19(27)15-7-5-6-8-15/h14-16H,4-13H2,1-3H3,(H2,21,22,23). The van der Waals surface area contributed by atoms with Gasteiger partial charge < -0.3 is 20.1 Å². The third-order valence-electron chi connectivity index (χ3n) is 5.49. The number of amides is 1. The van der Waals surface area contributed by atoms with Crippen LogP contribution in [0.3, 0.4) is 0 Å². The van der Waals surface area contributed by atoms with E-state index in [1.54, 1.807) is 0 Å². The Morgan fingerprint density at radius 2 is 2.11 bits per heavy atom. The molecule has 1 saturated heterocycles. The number of rotatable bonds is 7. The Morgan fingerprint density at radius 1 is 1.32 bits per heavy atom. The third-order valence-corrected chi connectivity index (χ3v) is 5.49. The number of carbonyl (C=O) groups excluding carboxylic acids is 1. The number of aromatic nitrogens is 2. The summed E-state index contributed by atoms with van der Waals surface area (Å²) in [4.78, 5) is 23.7. The summed E-state index contributed by atoms with van der Waals surface area (Å²) >= 11 is 0. The summed E-state index contributed by atoms with van der Waals surface area (Å²) in [6.45, 7) is 9.11. The Hall–Kier alpha value is -2.12. The van der Waals surface area contributed by atoms with Crippen LogP contribution in [-0.4, -0.2) is 59.1 Å². The first-order chi connectivity index (χ1) is 13.6.